The first-order valence-corrected chi connectivity index (χ1v) is 11.0. The fraction of sp³-hybridized carbons (Fsp3) is 0.636. The van der Waals surface area contributed by atoms with Gasteiger partial charge in [0.2, 0.25) is 0 Å². The van der Waals surface area contributed by atoms with E-state index in [4.69, 9.17) is 27.9 Å². The summed E-state index contributed by atoms with van der Waals surface area (Å²) in [6.45, 7) is 1.88. The molecule has 4 aliphatic carbocycles. The number of halogens is 2. The van der Waals surface area contributed by atoms with Crippen LogP contribution in [0.3, 0.4) is 0 Å². The van der Waals surface area contributed by atoms with E-state index in [0.717, 1.165) is 17.8 Å². The smallest absolute Gasteiger partial charge is 0.310 e. The number of hydrogen-bond acceptors (Lipinski definition) is 3. The van der Waals surface area contributed by atoms with Gasteiger partial charge in [-0.25, -0.2) is 0 Å². The second-order valence-corrected chi connectivity index (χ2v) is 9.99. The van der Waals surface area contributed by atoms with Crippen LogP contribution in [0.25, 0.3) is 0 Å². The minimum atomic E-state index is -0.471. The van der Waals surface area contributed by atoms with E-state index in [9.17, 15) is 9.59 Å². The molecule has 4 nitrogen and oxygen atoms in total. The lowest BCUT2D eigenvalue weighted by Gasteiger charge is -2.59. The predicted octanol–water partition coefficient (Wildman–Crippen LogP) is 4.80. The molecule has 4 bridgehead atoms. The standard InChI is InChI=1S/C22H27Cl2NO3/c1-13(22-9-14-4-15(10-22)6-16(5-14)11-22)25-20(26)12-28-21(27)7-17-2-3-18(23)8-19(17)24/h2-3,8,13-16H,4-7,9-12H2,1H3,(H,25,26)/t13-,14?,15?,16?,22?/m0/s1. The molecule has 0 radical (unpaired) electrons. The highest BCUT2D eigenvalue weighted by Crippen LogP contribution is 2.61. The quantitative estimate of drug-likeness (QED) is 0.668. The Morgan fingerprint density at radius 3 is 2.32 bits per heavy atom. The Morgan fingerprint density at radius 1 is 1.14 bits per heavy atom. The number of amides is 1. The van der Waals surface area contributed by atoms with Crippen molar-refractivity contribution in [3.63, 3.8) is 0 Å². The van der Waals surface area contributed by atoms with Crippen LogP contribution in [-0.2, 0) is 20.7 Å². The normalized spacial score (nSPS) is 31.5. The molecule has 0 heterocycles. The van der Waals surface area contributed by atoms with Gasteiger partial charge < -0.3 is 10.1 Å². The molecule has 6 heteroatoms. The Labute approximate surface area is 176 Å². The number of esters is 1. The molecule has 0 aliphatic heterocycles. The van der Waals surface area contributed by atoms with Crippen molar-refractivity contribution >= 4 is 35.1 Å². The molecule has 5 rings (SSSR count). The van der Waals surface area contributed by atoms with E-state index in [2.05, 4.69) is 12.2 Å². The van der Waals surface area contributed by atoms with Gasteiger partial charge in [-0.2, -0.15) is 0 Å². The summed E-state index contributed by atoms with van der Waals surface area (Å²) in [6, 6.07) is 5.08. The topological polar surface area (TPSA) is 55.4 Å². The molecule has 0 aromatic heterocycles. The van der Waals surface area contributed by atoms with Crippen molar-refractivity contribution in [2.45, 2.75) is 57.9 Å². The lowest BCUT2D eigenvalue weighted by Crippen LogP contribution is -2.56. The molecule has 4 aliphatic rings. The highest BCUT2D eigenvalue weighted by Gasteiger charge is 2.53. The van der Waals surface area contributed by atoms with Gasteiger partial charge in [0.15, 0.2) is 6.61 Å². The van der Waals surface area contributed by atoms with Gasteiger partial charge >= 0.3 is 5.97 Å². The maximum Gasteiger partial charge on any atom is 0.310 e. The predicted molar refractivity (Wildman–Crippen MR) is 109 cm³/mol. The van der Waals surface area contributed by atoms with E-state index in [1.807, 2.05) is 0 Å². The molecule has 1 aromatic rings. The zero-order valence-corrected chi connectivity index (χ0v) is 17.7. The molecule has 1 N–H and O–H groups in total. The molecule has 28 heavy (non-hydrogen) atoms. The van der Waals surface area contributed by atoms with E-state index >= 15 is 0 Å². The van der Waals surface area contributed by atoms with Crippen LogP contribution in [0.4, 0.5) is 0 Å². The molecule has 1 aromatic carbocycles. The molecule has 4 saturated carbocycles. The number of nitrogens with one attached hydrogen (secondary N) is 1. The van der Waals surface area contributed by atoms with Crippen LogP contribution in [0.5, 0.6) is 0 Å². The van der Waals surface area contributed by atoms with Crippen molar-refractivity contribution in [3.8, 4) is 0 Å². The molecule has 4 fully saturated rings. The van der Waals surface area contributed by atoms with Gasteiger partial charge in [-0.3, -0.25) is 9.59 Å². The Balaban J connectivity index is 1.27. The Morgan fingerprint density at radius 2 is 1.75 bits per heavy atom. The summed E-state index contributed by atoms with van der Waals surface area (Å²) >= 11 is 11.9. The third-order valence-electron chi connectivity index (χ3n) is 7.10. The second kappa shape index (κ2) is 7.87. The molecule has 0 spiro atoms. The minimum Gasteiger partial charge on any atom is -0.455 e. The highest BCUT2D eigenvalue weighted by atomic mass is 35.5. The van der Waals surface area contributed by atoms with Crippen LogP contribution < -0.4 is 5.32 Å². The highest BCUT2D eigenvalue weighted by molar-refractivity contribution is 6.35. The first-order valence-electron chi connectivity index (χ1n) is 10.2. The minimum absolute atomic E-state index is 0.0216. The summed E-state index contributed by atoms with van der Waals surface area (Å²) in [4.78, 5) is 24.5. The number of hydrogen-bond donors (Lipinski definition) is 1. The average Bonchev–Trinajstić information content (AvgIpc) is 2.61. The number of rotatable bonds is 6. The van der Waals surface area contributed by atoms with E-state index in [0.29, 0.717) is 15.6 Å². The maximum absolute atomic E-state index is 12.4. The van der Waals surface area contributed by atoms with Gasteiger partial charge in [0.25, 0.3) is 5.91 Å². The summed E-state index contributed by atoms with van der Waals surface area (Å²) in [5, 5.41) is 4.05. The van der Waals surface area contributed by atoms with E-state index in [-0.39, 0.29) is 30.4 Å². The summed E-state index contributed by atoms with van der Waals surface area (Å²) < 4.78 is 5.17. The molecular weight excluding hydrogens is 397 g/mol. The third kappa shape index (κ3) is 4.18. The van der Waals surface area contributed by atoms with Crippen LogP contribution >= 0.6 is 23.2 Å². The fourth-order valence-corrected chi connectivity index (χ4v) is 6.64. The zero-order chi connectivity index (χ0) is 19.9. The number of benzene rings is 1. The van der Waals surface area contributed by atoms with Gasteiger partial charge in [-0.05, 0) is 86.3 Å². The van der Waals surface area contributed by atoms with Crippen molar-refractivity contribution in [3.05, 3.63) is 33.8 Å². The van der Waals surface area contributed by atoms with Crippen LogP contribution in [0.2, 0.25) is 10.0 Å². The summed E-state index contributed by atoms with van der Waals surface area (Å²) in [5.41, 5.74) is 0.879. The van der Waals surface area contributed by atoms with Crippen molar-refractivity contribution < 1.29 is 14.3 Å². The number of ether oxygens (including phenoxy) is 1. The lowest BCUT2D eigenvalue weighted by molar-refractivity contribution is -0.148. The van der Waals surface area contributed by atoms with Crippen molar-refractivity contribution in [2.75, 3.05) is 6.61 Å². The largest absolute Gasteiger partial charge is 0.455 e. The Hall–Kier alpha value is -1.26. The van der Waals surface area contributed by atoms with Gasteiger partial charge in [-0.15, -0.1) is 0 Å². The first kappa shape index (κ1) is 20.0. The zero-order valence-electron chi connectivity index (χ0n) is 16.2. The SMILES string of the molecule is C[C@H](NC(=O)COC(=O)Cc1ccc(Cl)cc1Cl)C12CC3CC(CC(C3)C1)C2. The molecule has 0 saturated heterocycles. The van der Waals surface area contributed by atoms with Crippen LogP contribution in [0.1, 0.15) is 51.0 Å². The van der Waals surface area contributed by atoms with Gasteiger partial charge in [0.1, 0.15) is 0 Å². The Kier molecular flexibility index (Phi) is 5.63. The molecule has 0 unspecified atom stereocenters. The monoisotopic (exact) mass is 423 g/mol. The first-order chi connectivity index (χ1) is 13.3. The second-order valence-electron chi connectivity index (χ2n) is 9.14. The molecule has 1 amide bonds. The van der Waals surface area contributed by atoms with Gasteiger partial charge in [-0.1, -0.05) is 29.3 Å². The number of carbonyl (C=O) groups is 2. The Bertz CT molecular complexity index is 744. The molecule has 1 atom stereocenters. The van der Waals surface area contributed by atoms with Crippen LogP contribution in [0.15, 0.2) is 18.2 Å². The summed E-state index contributed by atoms with van der Waals surface area (Å²) in [7, 11) is 0. The molecule has 152 valence electrons. The van der Waals surface area contributed by atoms with Gasteiger partial charge in [0, 0.05) is 16.1 Å². The maximum atomic E-state index is 12.4. The van der Waals surface area contributed by atoms with E-state index < -0.39 is 5.97 Å². The third-order valence-corrected chi connectivity index (χ3v) is 7.68. The van der Waals surface area contributed by atoms with Crippen molar-refractivity contribution in [2.24, 2.45) is 23.2 Å². The summed E-state index contributed by atoms with van der Waals surface area (Å²) in [6.07, 6.45) is 7.86. The van der Waals surface area contributed by atoms with E-state index in [1.165, 1.54) is 38.5 Å². The van der Waals surface area contributed by atoms with Crippen molar-refractivity contribution in [1.29, 1.82) is 0 Å². The van der Waals surface area contributed by atoms with Crippen molar-refractivity contribution in [1.82, 2.24) is 5.32 Å². The number of carbonyl (C=O) groups excluding carboxylic acids is 2. The van der Waals surface area contributed by atoms with Crippen LogP contribution in [0, 0.1) is 23.2 Å². The fourth-order valence-electron chi connectivity index (χ4n) is 6.16. The summed E-state index contributed by atoms with van der Waals surface area (Å²) in [5.74, 6) is 1.83. The average molecular weight is 424 g/mol. The molecular formula is C22H27Cl2NO3. The van der Waals surface area contributed by atoms with Gasteiger partial charge in [0.05, 0.1) is 6.42 Å². The van der Waals surface area contributed by atoms with Crippen LogP contribution in [-0.4, -0.2) is 24.5 Å². The van der Waals surface area contributed by atoms with E-state index in [1.54, 1.807) is 18.2 Å². The lowest BCUT2D eigenvalue weighted by atomic mass is 9.48.